The Labute approximate surface area is 211 Å². The van der Waals surface area contributed by atoms with Gasteiger partial charge in [-0.25, -0.2) is 15.0 Å². The Morgan fingerprint density at radius 2 is 1.77 bits per heavy atom. The van der Waals surface area contributed by atoms with Crippen LogP contribution in [0.1, 0.15) is 37.0 Å². The molecule has 3 aliphatic rings. The SMILES string of the molecule is Nc1ccc(-c2nc(N3CCOCC3)c3sc(CN4CCC(N5CCCCC5)CC4)cc3n2)cn1. The topological polar surface area (TPSA) is 83.6 Å². The molecule has 3 aromatic heterocycles. The number of hydrogen-bond donors (Lipinski definition) is 1. The Morgan fingerprint density at radius 3 is 2.51 bits per heavy atom. The molecule has 186 valence electrons. The van der Waals surface area contributed by atoms with Crippen LogP contribution in [-0.4, -0.2) is 83.3 Å². The Hall–Kier alpha value is -2.33. The standard InChI is InChI=1S/C26H35N7OS/c27-23-5-4-19(17-28-23)25-29-22-16-21(35-24(22)26(30-25)33-12-14-34-15-13-33)18-31-10-6-20(7-11-31)32-8-2-1-3-9-32/h4-5,16-17,20H,1-3,6-15,18H2,(H2,27,28). The zero-order valence-corrected chi connectivity index (χ0v) is 21.2. The summed E-state index contributed by atoms with van der Waals surface area (Å²) >= 11 is 1.85. The Bertz CT molecular complexity index is 1130. The normalized spacial score (nSPS) is 21.1. The number of likely N-dealkylation sites (tertiary alicyclic amines) is 2. The molecule has 3 aliphatic heterocycles. The van der Waals surface area contributed by atoms with Crippen LogP contribution in [0.15, 0.2) is 24.4 Å². The van der Waals surface area contributed by atoms with E-state index in [0.717, 1.165) is 55.8 Å². The van der Waals surface area contributed by atoms with Crippen molar-refractivity contribution in [2.75, 3.05) is 63.1 Å². The largest absolute Gasteiger partial charge is 0.384 e. The predicted molar refractivity (Wildman–Crippen MR) is 142 cm³/mol. The van der Waals surface area contributed by atoms with E-state index in [-0.39, 0.29) is 0 Å². The fourth-order valence-corrected chi connectivity index (χ4v) is 6.80. The quantitative estimate of drug-likeness (QED) is 0.577. The van der Waals surface area contributed by atoms with Gasteiger partial charge >= 0.3 is 0 Å². The lowest BCUT2D eigenvalue weighted by Crippen LogP contribution is -2.46. The van der Waals surface area contributed by atoms with Crippen LogP contribution in [0.2, 0.25) is 0 Å². The van der Waals surface area contributed by atoms with Gasteiger partial charge in [0.1, 0.15) is 5.82 Å². The summed E-state index contributed by atoms with van der Waals surface area (Å²) in [6.07, 6.45) is 8.51. The lowest BCUT2D eigenvalue weighted by Gasteiger charge is -2.40. The molecule has 3 aromatic rings. The molecule has 0 saturated carbocycles. The number of morpholine rings is 1. The average Bonchev–Trinajstić information content (AvgIpc) is 3.32. The molecule has 0 radical (unpaired) electrons. The molecule has 6 heterocycles. The number of rotatable bonds is 5. The van der Waals surface area contributed by atoms with Crippen LogP contribution in [0.3, 0.4) is 0 Å². The van der Waals surface area contributed by atoms with Crippen LogP contribution in [-0.2, 0) is 11.3 Å². The summed E-state index contributed by atoms with van der Waals surface area (Å²) in [5, 5.41) is 0. The van der Waals surface area contributed by atoms with Gasteiger partial charge in [0, 0.05) is 55.4 Å². The van der Waals surface area contributed by atoms with Crippen molar-refractivity contribution in [3.63, 3.8) is 0 Å². The van der Waals surface area contributed by atoms with E-state index in [1.807, 2.05) is 23.5 Å². The van der Waals surface area contributed by atoms with Crippen molar-refractivity contribution >= 4 is 33.2 Å². The van der Waals surface area contributed by atoms with Crippen molar-refractivity contribution in [2.45, 2.75) is 44.7 Å². The Morgan fingerprint density at radius 1 is 0.971 bits per heavy atom. The van der Waals surface area contributed by atoms with E-state index in [0.29, 0.717) is 11.6 Å². The van der Waals surface area contributed by atoms with Crippen molar-refractivity contribution < 1.29 is 4.74 Å². The van der Waals surface area contributed by atoms with Gasteiger partial charge in [-0.15, -0.1) is 11.3 Å². The first-order valence-corrected chi connectivity index (χ1v) is 13.9. The van der Waals surface area contributed by atoms with Gasteiger partial charge in [-0.2, -0.15) is 0 Å². The summed E-state index contributed by atoms with van der Waals surface area (Å²) in [7, 11) is 0. The molecule has 6 rings (SSSR count). The molecule has 0 amide bonds. The van der Waals surface area contributed by atoms with Gasteiger partial charge in [-0.1, -0.05) is 6.42 Å². The smallest absolute Gasteiger partial charge is 0.163 e. The maximum atomic E-state index is 5.81. The summed E-state index contributed by atoms with van der Waals surface area (Å²) in [6, 6.07) is 6.82. The van der Waals surface area contributed by atoms with Gasteiger partial charge in [0.15, 0.2) is 11.6 Å². The third-order valence-corrected chi connectivity index (χ3v) is 8.71. The van der Waals surface area contributed by atoms with Crippen LogP contribution in [0.4, 0.5) is 11.6 Å². The number of fused-ring (bicyclic) bond motifs is 1. The minimum absolute atomic E-state index is 0.505. The summed E-state index contributed by atoms with van der Waals surface area (Å²) in [6.45, 7) is 9.12. The van der Waals surface area contributed by atoms with Crippen molar-refractivity contribution in [1.82, 2.24) is 24.8 Å². The van der Waals surface area contributed by atoms with Crippen LogP contribution in [0.5, 0.6) is 0 Å². The first-order chi connectivity index (χ1) is 17.2. The van der Waals surface area contributed by atoms with Gasteiger partial charge in [-0.3, -0.25) is 4.90 Å². The van der Waals surface area contributed by atoms with Gasteiger partial charge in [-0.05, 0) is 57.0 Å². The number of nitrogens with zero attached hydrogens (tertiary/aromatic N) is 6. The lowest BCUT2D eigenvalue weighted by molar-refractivity contribution is 0.0901. The fraction of sp³-hybridized carbons (Fsp3) is 0.577. The van der Waals surface area contributed by atoms with E-state index in [1.165, 1.54) is 67.9 Å². The molecule has 3 saturated heterocycles. The van der Waals surface area contributed by atoms with Gasteiger partial charge in [0.2, 0.25) is 0 Å². The van der Waals surface area contributed by atoms with E-state index in [2.05, 4.69) is 25.8 Å². The molecular formula is C26H35N7OS. The molecule has 0 bridgehead atoms. The molecule has 2 N–H and O–H groups in total. The van der Waals surface area contributed by atoms with E-state index >= 15 is 0 Å². The fourth-order valence-electron chi connectivity index (χ4n) is 5.64. The molecule has 0 aromatic carbocycles. The Balaban J connectivity index is 1.23. The van der Waals surface area contributed by atoms with Crippen LogP contribution in [0.25, 0.3) is 21.6 Å². The maximum absolute atomic E-state index is 5.81. The van der Waals surface area contributed by atoms with E-state index in [1.54, 1.807) is 6.20 Å². The van der Waals surface area contributed by atoms with Crippen LogP contribution < -0.4 is 10.6 Å². The van der Waals surface area contributed by atoms with Crippen molar-refractivity contribution in [1.29, 1.82) is 0 Å². The van der Waals surface area contributed by atoms with Crippen molar-refractivity contribution in [2.24, 2.45) is 0 Å². The summed E-state index contributed by atoms with van der Waals surface area (Å²) < 4.78 is 6.78. The predicted octanol–water partition coefficient (Wildman–Crippen LogP) is 3.62. The zero-order chi connectivity index (χ0) is 23.6. The number of ether oxygens (including phenoxy) is 1. The Kier molecular flexibility index (Phi) is 6.82. The number of piperidine rings is 2. The summed E-state index contributed by atoms with van der Waals surface area (Å²) in [5.74, 6) is 2.23. The van der Waals surface area contributed by atoms with E-state index in [4.69, 9.17) is 20.4 Å². The zero-order valence-electron chi connectivity index (χ0n) is 20.4. The lowest BCUT2D eigenvalue weighted by atomic mass is 10.00. The maximum Gasteiger partial charge on any atom is 0.163 e. The highest BCUT2D eigenvalue weighted by molar-refractivity contribution is 7.19. The summed E-state index contributed by atoms with van der Waals surface area (Å²) in [5.41, 5.74) is 7.72. The second kappa shape index (κ2) is 10.3. The molecular weight excluding hydrogens is 458 g/mol. The minimum Gasteiger partial charge on any atom is -0.384 e. The number of thiophene rings is 1. The monoisotopic (exact) mass is 493 g/mol. The first kappa shape index (κ1) is 23.1. The first-order valence-electron chi connectivity index (χ1n) is 13.0. The molecule has 3 fully saturated rings. The number of anilines is 2. The minimum atomic E-state index is 0.505. The highest BCUT2D eigenvalue weighted by Crippen LogP contribution is 2.35. The molecule has 0 spiro atoms. The number of aromatic nitrogens is 3. The number of hydrogen-bond acceptors (Lipinski definition) is 9. The third-order valence-electron chi connectivity index (χ3n) is 7.60. The van der Waals surface area contributed by atoms with Gasteiger partial charge < -0.3 is 20.3 Å². The number of pyridine rings is 1. The molecule has 35 heavy (non-hydrogen) atoms. The molecule has 0 aliphatic carbocycles. The third kappa shape index (κ3) is 5.14. The van der Waals surface area contributed by atoms with Crippen molar-refractivity contribution in [3.8, 4) is 11.4 Å². The highest BCUT2D eigenvalue weighted by Gasteiger charge is 2.26. The average molecular weight is 494 g/mol. The number of nitrogen functional groups attached to an aromatic ring is 1. The van der Waals surface area contributed by atoms with Gasteiger partial charge in [0.05, 0.1) is 23.4 Å². The highest BCUT2D eigenvalue weighted by atomic mass is 32.1. The van der Waals surface area contributed by atoms with Crippen molar-refractivity contribution in [3.05, 3.63) is 29.3 Å². The van der Waals surface area contributed by atoms with Crippen LogP contribution in [0, 0.1) is 0 Å². The molecule has 0 atom stereocenters. The molecule has 0 unspecified atom stereocenters. The molecule has 8 nitrogen and oxygen atoms in total. The second-order valence-electron chi connectivity index (χ2n) is 9.97. The van der Waals surface area contributed by atoms with E-state index in [9.17, 15) is 0 Å². The second-order valence-corrected chi connectivity index (χ2v) is 11.1. The number of nitrogens with two attached hydrogens (primary N) is 1. The molecule has 9 heteroatoms. The summed E-state index contributed by atoms with van der Waals surface area (Å²) in [4.78, 5) is 23.3. The van der Waals surface area contributed by atoms with Crippen LogP contribution >= 0.6 is 11.3 Å². The van der Waals surface area contributed by atoms with Gasteiger partial charge in [0.25, 0.3) is 0 Å². The van der Waals surface area contributed by atoms with E-state index < -0.39 is 0 Å².